The number of halogens is 10. The van der Waals surface area contributed by atoms with Crippen LogP contribution in [0.1, 0.15) is 11.1 Å². The Kier molecular flexibility index (Phi) is 6.54. The molecule has 12 heteroatoms. The Morgan fingerprint density at radius 3 is 1.63 bits per heavy atom. The average Bonchev–Trinajstić information content (AvgIpc) is 2.39. The first-order valence-electron chi connectivity index (χ1n) is 6.94. The van der Waals surface area contributed by atoms with Gasteiger partial charge in [0.1, 0.15) is 0 Å². The molecule has 2 rings (SSSR count). The van der Waals surface area contributed by atoms with Gasteiger partial charge in [-0.2, -0.15) is 0 Å². The first kappa shape index (κ1) is 24.3. The van der Waals surface area contributed by atoms with Crippen molar-refractivity contribution in [2.45, 2.75) is 29.1 Å². The summed E-state index contributed by atoms with van der Waals surface area (Å²) in [5, 5.41) is 0.431. The predicted octanol–water partition coefficient (Wildman–Crippen LogP) is 7.65. The van der Waals surface area contributed by atoms with Gasteiger partial charge in [0.15, 0.2) is 20.7 Å². The molecule has 0 saturated carbocycles. The zero-order chi connectivity index (χ0) is 21.3. The van der Waals surface area contributed by atoms with Crippen LogP contribution in [0.25, 0.3) is 0 Å². The Morgan fingerprint density at radius 2 is 1.26 bits per heavy atom. The summed E-state index contributed by atoms with van der Waals surface area (Å²) >= 11 is -5.50. The first-order chi connectivity index (χ1) is 11.7. The van der Waals surface area contributed by atoms with E-state index in [1.165, 1.54) is 24.3 Å². The van der Waals surface area contributed by atoms with Crippen molar-refractivity contribution >= 4 is 42.0 Å². The van der Waals surface area contributed by atoms with Crippen molar-refractivity contribution in [1.82, 2.24) is 0 Å². The topological polar surface area (TPSA) is 0 Å². The van der Waals surface area contributed by atoms with Crippen molar-refractivity contribution in [1.29, 1.82) is 0 Å². The Morgan fingerprint density at radius 1 is 0.815 bits per heavy atom. The van der Waals surface area contributed by atoms with E-state index in [-0.39, 0.29) is 4.90 Å². The molecule has 0 spiro atoms. The maximum absolute atomic E-state index is 13.5. The van der Waals surface area contributed by atoms with Crippen LogP contribution in [-0.2, 0) is 10.9 Å². The van der Waals surface area contributed by atoms with Gasteiger partial charge in [-0.05, 0) is 44.2 Å². The third-order valence-corrected chi connectivity index (χ3v) is 5.19. The van der Waals surface area contributed by atoms with E-state index in [0.29, 0.717) is 15.5 Å². The number of rotatable bonds is 2. The molecular formula is C15H13ClF9SSb. The molecule has 2 aromatic rings. The molecule has 0 amide bonds. The van der Waals surface area contributed by atoms with Gasteiger partial charge in [-0.1, -0.05) is 29.3 Å². The Labute approximate surface area is 159 Å². The third kappa shape index (κ3) is 10.4. The fraction of sp³-hybridized carbons (Fsp3) is 0.200. The summed E-state index contributed by atoms with van der Waals surface area (Å²) in [7, 11) is -1.96. The molecule has 0 bridgehead atoms. The molecule has 0 heterocycles. The zero-order valence-electron chi connectivity index (χ0n) is 13.7. The van der Waals surface area contributed by atoms with Crippen LogP contribution in [0.15, 0.2) is 52.3 Å². The van der Waals surface area contributed by atoms with E-state index in [2.05, 4.69) is 0 Å². The standard InChI is InChI=1S/C15H13ClF3S.6FH.Sb/c1-10-3-8-14(11(2)9-10)20(15(17,18)19)13-6-4-12(16)5-7-13;;;;;;;/h3-9H,1-2H3;6*1H;/q+1;;;;;;;+5/p-6. The van der Waals surface area contributed by atoms with Crippen molar-refractivity contribution < 1.29 is 30.0 Å². The first-order valence-corrected chi connectivity index (χ1v) is 14.3. The van der Waals surface area contributed by atoms with Gasteiger partial charge in [0.2, 0.25) is 0 Å². The van der Waals surface area contributed by atoms with Gasteiger partial charge in [0.05, 0.1) is 0 Å². The van der Waals surface area contributed by atoms with Gasteiger partial charge in [0, 0.05) is 10.6 Å². The predicted molar refractivity (Wildman–Crippen MR) is 89.7 cm³/mol. The third-order valence-electron chi connectivity index (χ3n) is 2.83. The van der Waals surface area contributed by atoms with Crippen LogP contribution in [0, 0.1) is 13.8 Å². The van der Waals surface area contributed by atoms with Crippen LogP contribution in [0.4, 0.5) is 30.0 Å². The Hall–Kier alpha value is -0.732. The Balaban J connectivity index is 0.000000445. The molecule has 0 saturated heterocycles. The summed E-state index contributed by atoms with van der Waals surface area (Å²) in [6.45, 7) is 3.58. The molecule has 0 aliphatic carbocycles. The maximum atomic E-state index is 13.5. The molecule has 0 aromatic heterocycles. The molecule has 1 unspecified atom stereocenters. The minimum atomic E-state index is -11.2. The van der Waals surface area contributed by atoms with E-state index in [1.54, 1.807) is 25.1 Å². The van der Waals surface area contributed by atoms with Gasteiger partial charge < -0.3 is 0 Å². The van der Waals surface area contributed by atoms with E-state index in [9.17, 15) is 30.0 Å². The molecule has 0 aliphatic heterocycles. The van der Waals surface area contributed by atoms with Gasteiger partial charge >= 0.3 is 41.9 Å². The van der Waals surface area contributed by atoms with Crippen LogP contribution in [0.5, 0.6) is 0 Å². The molecule has 154 valence electrons. The molecule has 1 atom stereocenters. The van der Waals surface area contributed by atoms with Crippen LogP contribution in [-0.4, -0.2) is 25.0 Å². The van der Waals surface area contributed by atoms with Crippen molar-refractivity contribution in [3.8, 4) is 0 Å². The molecule has 0 aliphatic rings. The number of alkyl halides is 3. The fourth-order valence-corrected chi connectivity index (χ4v) is 3.87. The van der Waals surface area contributed by atoms with Gasteiger partial charge in [-0.15, -0.1) is 13.2 Å². The second kappa shape index (κ2) is 7.26. The van der Waals surface area contributed by atoms with Gasteiger partial charge in [-0.3, -0.25) is 0 Å². The fourth-order valence-electron chi connectivity index (χ4n) is 1.98. The summed E-state index contributed by atoms with van der Waals surface area (Å²) < 4.78 is 99.9. The molecule has 0 fully saturated rings. The van der Waals surface area contributed by atoms with E-state index in [4.69, 9.17) is 11.6 Å². The summed E-state index contributed by atoms with van der Waals surface area (Å²) in [6.07, 6.45) is 0. The van der Waals surface area contributed by atoms with Crippen LogP contribution >= 0.6 is 11.6 Å². The number of hydrogen-bond acceptors (Lipinski definition) is 0. The summed E-state index contributed by atoms with van der Waals surface area (Å²) in [5.74, 6) is 0. The van der Waals surface area contributed by atoms with E-state index >= 15 is 0 Å². The summed E-state index contributed by atoms with van der Waals surface area (Å²) in [5.41, 5.74) is -2.71. The van der Waals surface area contributed by atoms with E-state index in [1.807, 2.05) is 6.92 Å². The molecular weight excluding hydrogens is 540 g/mol. The molecule has 27 heavy (non-hydrogen) atoms. The SMILES string of the molecule is Cc1ccc([S+](c2ccc(Cl)cc2)C(F)(F)F)c(C)c1.[F][Sb-]([F])([F])([F])([F])[F]. The summed E-state index contributed by atoms with van der Waals surface area (Å²) in [6, 6.07) is 10.9. The Bertz CT molecular complexity index is 788. The second-order valence-corrected chi connectivity index (χ2v) is 13.3. The normalized spacial score (nSPS) is 15.9. The van der Waals surface area contributed by atoms with E-state index in [0.717, 1.165) is 5.56 Å². The number of aryl methyl sites for hydroxylation is 2. The van der Waals surface area contributed by atoms with Crippen LogP contribution < -0.4 is 0 Å². The molecule has 0 radical (unpaired) electrons. The van der Waals surface area contributed by atoms with Crippen molar-refractivity contribution in [3.63, 3.8) is 0 Å². The molecule has 2 aromatic carbocycles. The number of hydrogen-bond donors (Lipinski definition) is 0. The summed E-state index contributed by atoms with van der Waals surface area (Å²) in [4.78, 5) is 0.541. The average molecular weight is 554 g/mol. The van der Waals surface area contributed by atoms with Crippen molar-refractivity contribution in [2.24, 2.45) is 0 Å². The van der Waals surface area contributed by atoms with Crippen LogP contribution in [0.3, 0.4) is 0 Å². The van der Waals surface area contributed by atoms with Crippen molar-refractivity contribution in [3.05, 3.63) is 58.6 Å². The zero-order valence-corrected chi connectivity index (χ0v) is 17.8. The van der Waals surface area contributed by atoms with Gasteiger partial charge in [-0.25, -0.2) is 0 Å². The van der Waals surface area contributed by atoms with Crippen LogP contribution in [0.2, 0.25) is 5.02 Å². The quantitative estimate of drug-likeness (QED) is 0.204. The molecule has 0 nitrogen and oxygen atoms in total. The van der Waals surface area contributed by atoms with Crippen molar-refractivity contribution in [2.75, 3.05) is 0 Å². The molecule has 0 N–H and O–H groups in total. The monoisotopic (exact) mass is 552 g/mol. The number of benzene rings is 2. The second-order valence-electron chi connectivity index (χ2n) is 5.43. The van der Waals surface area contributed by atoms with E-state index < -0.39 is 35.9 Å². The minimum absolute atomic E-state index is 0.230. The van der Waals surface area contributed by atoms with Gasteiger partial charge in [0.25, 0.3) is 0 Å².